The van der Waals surface area contributed by atoms with Crippen LogP contribution in [-0.2, 0) is 17.6 Å². The van der Waals surface area contributed by atoms with Gasteiger partial charge in [-0.25, -0.2) is 0 Å². The number of hydrogen-bond donors (Lipinski definition) is 0. The fourth-order valence-electron chi connectivity index (χ4n) is 3.58. The zero-order valence-corrected chi connectivity index (χ0v) is 14.7. The van der Waals surface area contributed by atoms with Gasteiger partial charge in [0.05, 0.1) is 19.1 Å². The van der Waals surface area contributed by atoms with Crippen molar-refractivity contribution in [2.24, 2.45) is 0 Å². The Bertz CT molecular complexity index is 784. The van der Waals surface area contributed by atoms with Crippen molar-refractivity contribution in [3.63, 3.8) is 0 Å². The molecule has 0 saturated carbocycles. The van der Waals surface area contributed by atoms with Crippen molar-refractivity contribution < 1.29 is 14.1 Å². The SMILES string of the molecule is CC(C)c1nc([C@H]2CCCN2C(=O)Cc2ccc3c(c2)CCO3)no1. The lowest BCUT2D eigenvalue weighted by atomic mass is 10.1. The lowest BCUT2D eigenvalue weighted by Crippen LogP contribution is -2.32. The summed E-state index contributed by atoms with van der Waals surface area (Å²) in [5, 5.41) is 4.11. The summed E-state index contributed by atoms with van der Waals surface area (Å²) in [4.78, 5) is 19.2. The number of benzene rings is 1. The first-order valence-electron chi connectivity index (χ1n) is 8.99. The third-order valence-corrected chi connectivity index (χ3v) is 4.93. The average Bonchev–Trinajstić information content (AvgIpc) is 3.33. The fraction of sp³-hybridized carbons (Fsp3) is 0.526. The zero-order valence-electron chi connectivity index (χ0n) is 14.7. The summed E-state index contributed by atoms with van der Waals surface area (Å²) in [5.74, 6) is 2.53. The number of carbonyl (C=O) groups excluding carboxylic acids is 1. The van der Waals surface area contributed by atoms with Crippen molar-refractivity contribution >= 4 is 5.91 Å². The van der Waals surface area contributed by atoms with Crippen molar-refractivity contribution in [2.75, 3.05) is 13.2 Å². The van der Waals surface area contributed by atoms with E-state index in [1.54, 1.807) is 0 Å². The highest BCUT2D eigenvalue weighted by molar-refractivity contribution is 5.79. The largest absolute Gasteiger partial charge is 0.493 e. The predicted octanol–water partition coefficient (Wildman–Crippen LogP) is 3.03. The van der Waals surface area contributed by atoms with Crippen molar-refractivity contribution in [3.8, 4) is 5.75 Å². The lowest BCUT2D eigenvalue weighted by molar-refractivity contribution is -0.131. The molecule has 0 aliphatic carbocycles. The molecule has 0 radical (unpaired) electrons. The van der Waals surface area contributed by atoms with Crippen LogP contribution in [0.5, 0.6) is 5.75 Å². The van der Waals surface area contributed by atoms with Crippen LogP contribution >= 0.6 is 0 Å². The van der Waals surface area contributed by atoms with E-state index in [4.69, 9.17) is 9.26 Å². The minimum Gasteiger partial charge on any atom is -0.493 e. The fourth-order valence-corrected chi connectivity index (χ4v) is 3.58. The summed E-state index contributed by atoms with van der Waals surface area (Å²) < 4.78 is 10.9. The van der Waals surface area contributed by atoms with E-state index in [-0.39, 0.29) is 17.9 Å². The molecule has 1 saturated heterocycles. The van der Waals surface area contributed by atoms with Crippen LogP contribution in [0.25, 0.3) is 0 Å². The van der Waals surface area contributed by atoms with E-state index >= 15 is 0 Å². The van der Waals surface area contributed by atoms with Gasteiger partial charge in [-0.2, -0.15) is 4.98 Å². The molecule has 3 heterocycles. The van der Waals surface area contributed by atoms with Crippen LogP contribution in [-0.4, -0.2) is 34.1 Å². The van der Waals surface area contributed by atoms with Crippen molar-refractivity contribution in [1.82, 2.24) is 15.0 Å². The van der Waals surface area contributed by atoms with Gasteiger partial charge in [0, 0.05) is 18.9 Å². The number of amides is 1. The van der Waals surface area contributed by atoms with Crippen molar-refractivity contribution in [1.29, 1.82) is 0 Å². The molecule has 1 amide bonds. The Morgan fingerprint density at radius 3 is 3.08 bits per heavy atom. The quantitative estimate of drug-likeness (QED) is 0.855. The molecule has 4 rings (SSSR count). The van der Waals surface area contributed by atoms with Gasteiger partial charge in [0.25, 0.3) is 0 Å². The molecule has 2 aliphatic rings. The van der Waals surface area contributed by atoms with E-state index in [1.165, 1.54) is 5.56 Å². The number of rotatable bonds is 4. The van der Waals surface area contributed by atoms with E-state index in [0.29, 0.717) is 18.1 Å². The van der Waals surface area contributed by atoms with Crippen LogP contribution in [0.4, 0.5) is 0 Å². The highest BCUT2D eigenvalue weighted by Crippen LogP contribution is 2.32. The number of carbonyl (C=O) groups is 1. The van der Waals surface area contributed by atoms with Gasteiger partial charge < -0.3 is 14.2 Å². The Morgan fingerprint density at radius 1 is 1.40 bits per heavy atom. The van der Waals surface area contributed by atoms with Gasteiger partial charge in [0.15, 0.2) is 5.82 Å². The number of nitrogens with zero attached hydrogens (tertiary/aromatic N) is 3. The maximum Gasteiger partial charge on any atom is 0.229 e. The molecule has 132 valence electrons. The van der Waals surface area contributed by atoms with Crippen LogP contribution < -0.4 is 4.74 Å². The maximum absolute atomic E-state index is 12.8. The molecule has 6 nitrogen and oxygen atoms in total. The monoisotopic (exact) mass is 341 g/mol. The van der Waals surface area contributed by atoms with E-state index in [9.17, 15) is 4.79 Å². The summed E-state index contributed by atoms with van der Waals surface area (Å²) in [6.45, 7) is 5.53. The number of hydrogen-bond acceptors (Lipinski definition) is 5. The molecule has 25 heavy (non-hydrogen) atoms. The van der Waals surface area contributed by atoms with E-state index in [1.807, 2.05) is 30.9 Å². The second kappa shape index (κ2) is 6.50. The number of ether oxygens (including phenoxy) is 1. The summed E-state index contributed by atoms with van der Waals surface area (Å²) in [6, 6.07) is 5.98. The summed E-state index contributed by atoms with van der Waals surface area (Å²) in [5.41, 5.74) is 2.24. The molecule has 0 spiro atoms. The minimum atomic E-state index is -0.0680. The van der Waals surface area contributed by atoms with Crippen molar-refractivity contribution in [2.45, 2.75) is 51.5 Å². The predicted molar refractivity (Wildman–Crippen MR) is 91.4 cm³/mol. The molecule has 0 unspecified atom stereocenters. The normalized spacial score (nSPS) is 19.3. The summed E-state index contributed by atoms with van der Waals surface area (Å²) >= 11 is 0. The highest BCUT2D eigenvalue weighted by atomic mass is 16.5. The maximum atomic E-state index is 12.8. The smallest absolute Gasteiger partial charge is 0.229 e. The van der Waals surface area contributed by atoms with Crippen molar-refractivity contribution in [3.05, 3.63) is 41.0 Å². The summed E-state index contributed by atoms with van der Waals surface area (Å²) in [7, 11) is 0. The molecule has 2 aromatic rings. The Labute approximate surface area is 147 Å². The lowest BCUT2D eigenvalue weighted by Gasteiger charge is -2.22. The molecule has 1 atom stereocenters. The molecule has 0 bridgehead atoms. The average molecular weight is 341 g/mol. The second-order valence-electron chi connectivity index (χ2n) is 7.11. The van der Waals surface area contributed by atoms with Crippen LogP contribution in [0.2, 0.25) is 0 Å². The molecular formula is C19H23N3O3. The topological polar surface area (TPSA) is 68.5 Å². The Kier molecular flexibility index (Phi) is 4.19. The zero-order chi connectivity index (χ0) is 17.4. The molecule has 1 aromatic heterocycles. The third kappa shape index (κ3) is 3.13. The first kappa shape index (κ1) is 16.1. The number of aromatic nitrogens is 2. The van der Waals surface area contributed by atoms with Gasteiger partial charge in [-0.05, 0) is 30.0 Å². The van der Waals surface area contributed by atoms with E-state index in [2.05, 4.69) is 16.2 Å². The van der Waals surface area contributed by atoms with Crippen LogP contribution in [0.1, 0.15) is 61.5 Å². The van der Waals surface area contributed by atoms with E-state index < -0.39 is 0 Å². The van der Waals surface area contributed by atoms with E-state index in [0.717, 1.165) is 43.7 Å². The molecular weight excluding hydrogens is 318 g/mol. The Balaban J connectivity index is 1.48. The minimum absolute atomic E-state index is 0.0680. The first-order valence-corrected chi connectivity index (χ1v) is 8.99. The highest BCUT2D eigenvalue weighted by Gasteiger charge is 2.33. The second-order valence-corrected chi connectivity index (χ2v) is 7.11. The molecule has 1 aromatic carbocycles. The summed E-state index contributed by atoms with van der Waals surface area (Å²) in [6.07, 6.45) is 3.18. The standard InChI is InChI=1S/C19H23N3O3/c1-12(2)19-20-18(21-25-19)15-4-3-8-22(15)17(23)11-13-5-6-16-14(10-13)7-9-24-16/h5-6,10,12,15H,3-4,7-9,11H2,1-2H3/t15-/m1/s1. The molecule has 1 fully saturated rings. The Hall–Kier alpha value is -2.37. The molecule has 0 N–H and O–H groups in total. The van der Waals surface area contributed by atoms with Crippen LogP contribution in [0, 0.1) is 0 Å². The Morgan fingerprint density at radius 2 is 2.28 bits per heavy atom. The van der Waals surface area contributed by atoms with Crippen LogP contribution in [0.15, 0.2) is 22.7 Å². The van der Waals surface area contributed by atoms with Gasteiger partial charge in [-0.1, -0.05) is 31.1 Å². The van der Waals surface area contributed by atoms with Gasteiger partial charge in [-0.3, -0.25) is 4.79 Å². The molecule has 2 aliphatic heterocycles. The van der Waals surface area contributed by atoms with Gasteiger partial charge in [-0.15, -0.1) is 0 Å². The third-order valence-electron chi connectivity index (χ3n) is 4.93. The van der Waals surface area contributed by atoms with Gasteiger partial charge in [0.2, 0.25) is 11.8 Å². The number of likely N-dealkylation sites (tertiary alicyclic amines) is 1. The molecule has 6 heteroatoms. The van der Waals surface area contributed by atoms with Gasteiger partial charge >= 0.3 is 0 Å². The van der Waals surface area contributed by atoms with Crippen LogP contribution in [0.3, 0.4) is 0 Å². The van der Waals surface area contributed by atoms with Gasteiger partial charge in [0.1, 0.15) is 5.75 Å². The number of fused-ring (bicyclic) bond motifs is 1. The first-order chi connectivity index (χ1) is 12.1.